The molecule has 0 spiro atoms. The predicted molar refractivity (Wildman–Crippen MR) is 117 cm³/mol. The summed E-state index contributed by atoms with van der Waals surface area (Å²) in [6, 6.07) is 3.58. The summed E-state index contributed by atoms with van der Waals surface area (Å²) in [7, 11) is 2.12. The smallest absolute Gasteiger partial charge is 0.150 e. The Labute approximate surface area is 185 Å². The average molecular weight is 458 g/mol. The summed E-state index contributed by atoms with van der Waals surface area (Å²) in [4.78, 5) is 16.8. The Morgan fingerprint density at radius 2 is 2.17 bits per heavy atom. The Bertz CT molecular complexity index is 850. The van der Waals surface area contributed by atoms with E-state index in [0.29, 0.717) is 15.8 Å². The molecule has 3 aliphatic rings. The van der Waals surface area contributed by atoms with E-state index in [1.54, 1.807) is 6.07 Å². The lowest BCUT2D eigenvalue weighted by molar-refractivity contribution is -0.0312. The number of morpholine rings is 1. The largest absolute Gasteiger partial charge is 0.393 e. The summed E-state index contributed by atoms with van der Waals surface area (Å²) >= 11 is 18.4. The lowest BCUT2D eigenvalue weighted by atomic mass is 9.91. The fourth-order valence-electron chi connectivity index (χ4n) is 4.22. The van der Waals surface area contributed by atoms with Gasteiger partial charge in [0.25, 0.3) is 0 Å². The standard InChI is InChI=1S/C20H23Cl3N4O2/c1-12-7-14(29-25-23)9-16(22)19(12)20-17(10-15-11-26(2)5-6-28-15)27-4-3-13(21)8-18(27)24-20/h3-4,7-9,15,17,20,25H,5-6,10-11H2,1-2H3. The lowest BCUT2D eigenvalue weighted by Crippen LogP contribution is -2.44. The van der Waals surface area contributed by atoms with Crippen molar-refractivity contribution in [2.24, 2.45) is 4.99 Å². The van der Waals surface area contributed by atoms with Crippen molar-refractivity contribution < 1.29 is 9.57 Å². The first-order chi connectivity index (χ1) is 14.0. The molecular formula is C20H23Cl3N4O2. The Hall–Kier alpha value is -1.28. The van der Waals surface area contributed by atoms with Crippen LogP contribution >= 0.6 is 35.0 Å². The molecule has 6 nitrogen and oxygen atoms in total. The van der Waals surface area contributed by atoms with Crippen molar-refractivity contribution in [1.82, 2.24) is 14.8 Å². The highest BCUT2D eigenvalue weighted by Crippen LogP contribution is 2.42. The van der Waals surface area contributed by atoms with Crippen LogP contribution in [-0.4, -0.2) is 54.5 Å². The van der Waals surface area contributed by atoms with Crippen LogP contribution in [0, 0.1) is 6.92 Å². The number of amidine groups is 1. The first kappa shape index (κ1) is 21.0. The van der Waals surface area contributed by atoms with Crippen LogP contribution < -0.4 is 9.84 Å². The van der Waals surface area contributed by atoms with Gasteiger partial charge in [0.2, 0.25) is 0 Å². The molecule has 3 unspecified atom stereocenters. The SMILES string of the molecule is Cc1cc(ONCl)cc(Cl)c1C1N=C2C=C(Cl)C=CN2C1CC1CN(C)CCO1. The third kappa shape index (κ3) is 4.43. The number of hydrogen-bond donors (Lipinski definition) is 1. The maximum Gasteiger partial charge on any atom is 0.150 e. The van der Waals surface area contributed by atoms with Crippen LogP contribution in [0.2, 0.25) is 5.02 Å². The number of nitrogens with one attached hydrogen (secondary N) is 1. The van der Waals surface area contributed by atoms with Gasteiger partial charge in [0.05, 0.1) is 29.8 Å². The van der Waals surface area contributed by atoms with Crippen molar-refractivity contribution in [2.75, 3.05) is 26.7 Å². The molecule has 1 N–H and O–H groups in total. The second-order valence-electron chi connectivity index (χ2n) is 7.56. The van der Waals surface area contributed by atoms with E-state index in [1.165, 1.54) is 0 Å². The second-order valence-corrected chi connectivity index (χ2v) is 8.56. The minimum absolute atomic E-state index is 0.0767. The van der Waals surface area contributed by atoms with Crippen LogP contribution in [0.3, 0.4) is 0 Å². The molecule has 3 heterocycles. The molecule has 0 saturated carbocycles. The summed E-state index contributed by atoms with van der Waals surface area (Å²) in [6.07, 6.45) is 6.74. The number of rotatable bonds is 5. The Balaban J connectivity index is 1.68. The van der Waals surface area contributed by atoms with Crippen molar-refractivity contribution in [3.05, 3.63) is 51.7 Å². The van der Waals surface area contributed by atoms with Gasteiger partial charge < -0.3 is 19.4 Å². The van der Waals surface area contributed by atoms with Gasteiger partial charge in [0, 0.05) is 47.7 Å². The van der Waals surface area contributed by atoms with Crippen molar-refractivity contribution in [3.8, 4) is 5.75 Å². The number of likely N-dealkylation sites (N-methyl/N-ethyl adjacent to an activating group) is 1. The number of fused-ring (bicyclic) bond motifs is 1. The van der Waals surface area contributed by atoms with Crippen molar-refractivity contribution in [3.63, 3.8) is 0 Å². The molecule has 1 aromatic carbocycles. The molecule has 1 fully saturated rings. The van der Waals surface area contributed by atoms with Gasteiger partial charge in [-0.25, -0.2) is 0 Å². The summed E-state index contributed by atoms with van der Waals surface area (Å²) < 4.78 is 6.05. The van der Waals surface area contributed by atoms with Crippen LogP contribution in [0.5, 0.6) is 5.75 Å². The van der Waals surface area contributed by atoms with Gasteiger partial charge in [-0.15, -0.1) is 0 Å². The van der Waals surface area contributed by atoms with Crippen LogP contribution in [-0.2, 0) is 4.74 Å². The molecule has 0 amide bonds. The second kappa shape index (κ2) is 8.84. The highest BCUT2D eigenvalue weighted by atomic mass is 35.5. The molecule has 1 aromatic rings. The number of aliphatic imine (C=N–C) groups is 1. The van der Waals surface area contributed by atoms with Gasteiger partial charge in [0.15, 0.2) is 5.75 Å². The molecule has 1 saturated heterocycles. The zero-order valence-corrected chi connectivity index (χ0v) is 18.5. The molecule has 0 aliphatic carbocycles. The number of halogens is 3. The summed E-state index contributed by atoms with van der Waals surface area (Å²) in [5.74, 6) is 1.39. The normalized spacial score (nSPS) is 26.9. The first-order valence-corrected chi connectivity index (χ1v) is 10.6. The third-order valence-corrected chi connectivity index (χ3v) is 6.15. The van der Waals surface area contributed by atoms with E-state index in [0.717, 1.165) is 43.1 Å². The third-order valence-electron chi connectivity index (χ3n) is 5.53. The number of nitrogens with zero attached hydrogens (tertiary/aromatic N) is 3. The highest BCUT2D eigenvalue weighted by molar-refractivity contribution is 6.33. The fourth-order valence-corrected chi connectivity index (χ4v) is 4.83. The van der Waals surface area contributed by atoms with E-state index in [2.05, 4.69) is 21.8 Å². The van der Waals surface area contributed by atoms with E-state index < -0.39 is 0 Å². The maximum atomic E-state index is 6.67. The molecule has 3 atom stereocenters. The molecule has 9 heteroatoms. The summed E-state index contributed by atoms with van der Waals surface area (Å²) in [6.45, 7) is 4.59. The molecule has 0 bridgehead atoms. The van der Waals surface area contributed by atoms with Gasteiger partial charge in [-0.2, -0.15) is 0 Å². The Morgan fingerprint density at radius 3 is 2.90 bits per heavy atom. The average Bonchev–Trinajstić information content (AvgIpc) is 2.98. The molecule has 29 heavy (non-hydrogen) atoms. The fraction of sp³-hybridized carbons (Fsp3) is 0.450. The van der Waals surface area contributed by atoms with E-state index in [4.69, 9.17) is 49.5 Å². The van der Waals surface area contributed by atoms with E-state index in [1.807, 2.05) is 31.3 Å². The van der Waals surface area contributed by atoms with Gasteiger partial charge in [-0.3, -0.25) is 4.99 Å². The lowest BCUT2D eigenvalue weighted by Gasteiger charge is -2.36. The quantitative estimate of drug-likeness (QED) is 0.531. The van der Waals surface area contributed by atoms with E-state index >= 15 is 0 Å². The molecule has 3 aliphatic heterocycles. The van der Waals surface area contributed by atoms with Gasteiger partial charge in [-0.1, -0.05) is 28.2 Å². The van der Waals surface area contributed by atoms with Gasteiger partial charge >= 0.3 is 0 Å². The van der Waals surface area contributed by atoms with E-state index in [-0.39, 0.29) is 18.2 Å². The maximum absolute atomic E-state index is 6.67. The molecule has 0 radical (unpaired) electrons. The number of allylic oxidation sites excluding steroid dienone is 2. The first-order valence-electron chi connectivity index (χ1n) is 9.50. The number of hydrogen-bond acceptors (Lipinski definition) is 6. The van der Waals surface area contributed by atoms with Crippen molar-refractivity contribution in [1.29, 1.82) is 0 Å². The summed E-state index contributed by atoms with van der Waals surface area (Å²) in [5, 5.41) is 1.25. The predicted octanol–water partition coefficient (Wildman–Crippen LogP) is 4.18. The molecular weight excluding hydrogens is 435 g/mol. The molecule has 156 valence electrons. The molecule has 0 aromatic heterocycles. The Morgan fingerprint density at radius 1 is 1.34 bits per heavy atom. The van der Waals surface area contributed by atoms with Crippen molar-refractivity contribution >= 4 is 40.8 Å². The van der Waals surface area contributed by atoms with Crippen LogP contribution in [0.15, 0.2) is 40.5 Å². The highest BCUT2D eigenvalue weighted by Gasteiger charge is 2.40. The van der Waals surface area contributed by atoms with Crippen LogP contribution in [0.4, 0.5) is 0 Å². The monoisotopic (exact) mass is 456 g/mol. The Kier molecular flexibility index (Phi) is 6.39. The topological polar surface area (TPSA) is 49.3 Å². The van der Waals surface area contributed by atoms with Gasteiger partial charge in [-0.05, 0) is 44.2 Å². The number of ether oxygens (including phenoxy) is 1. The minimum atomic E-state index is -0.144. The van der Waals surface area contributed by atoms with Crippen LogP contribution in [0.25, 0.3) is 0 Å². The number of benzene rings is 1. The van der Waals surface area contributed by atoms with Crippen molar-refractivity contribution in [2.45, 2.75) is 31.5 Å². The zero-order valence-electron chi connectivity index (χ0n) is 16.2. The van der Waals surface area contributed by atoms with E-state index in [9.17, 15) is 0 Å². The zero-order chi connectivity index (χ0) is 20.5. The molecule has 4 rings (SSSR count). The van der Waals surface area contributed by atoms with Crippen LogP contribution in [0.1, 0.15) is 23.6 Å². The minimum Gasteiger partial charge on any atom is -0.393 e. The number of aryl methyl sites for hydroxylation is 1. The van der Waals surface area contributed by atoms with Gasteiger partial charge in [0.1, 0.15) is 5.84 Å². The summed E-state index contributed by atoms with van der Waals surface area (Å²) in [5.41, 5.74) is 1.96.